The molecule has 0 spiro atoms. The van der Waals surface area contributed by atoms with E-state index in [2.05, 4.69) is 15.8 Å². The Labute approximate surface area is 398 Å². The van der Waals surface area contributed by atoms with Gasteiger partial charge in [-0.3, -0.25) is 14.5 Å². The molecule has 67 heavy (non-hydrogen) atoms. The lowest BCUT2D eigenvalue weighted by molar-refractivity contribution is -0.179. The van der Waals surface area contributed by atoms with Crippen LogP contribution in [-0.2, 0) is 45.6 Å². The molecule has 1 saturated heterocycles. The molecule has 7 rings (SSSR count). The number of methoxy groups -OCH3 is 1. The minimum atomic E-state index is -1.64. The number of amides is 2. The van der Waals surface area contributed by atoms with Gasteiger partial charge in [-0.15, -0.1) is 23.1 Å². The minimum Gasteiger partial charge on any atom is -0.497 e. The van der Waals surface area contributed by atoms with Gasteiger partial charge >= 0.3 is 11.9 Å². The Hall–Kier alpha value is -6.75. The minimum absolute atomic E-state index is 0.0563. The Kier molecular flexibility index (Phi) is 15.0. The van der Waals surface area contributed by atoms with Gasteiger partial charge in [-0.2, -0.15) is 0 Å². The largest absolute Gasteiger partial charge is 0.497 e. The van der Waals surface area contributed by atoms with Crippen LogP contribution in [0.1, 0.15) is 69.0 Å². The van der Waals surface area contributed by atoms with Crippen molar-refractivity contribution in [2.24, 2.45) is 5.16 Å². The fraction of sp³-hybridized carbons (Fsp3) is 0.294. The molecule has 1 fully saturated rings. The number of thiazole rings is 1. The summed E-state index contributed by atoms with van der Waals surface area (Å²) in [5.74, 6) is -1.78. The molecule has 5 aromatic rings. The Morgan fingerprint density at radius 3 is 2.01 bits per heavy atom. The molecule has 2 atom stereocenters. The van der Waals surface area contributed by atoms with E-state index in [1.165, 1.54) is 41.8 Å². The van der Waals surface area contributed by atoms with Crippen LogP contribution in [0.3, 0.4) is 0 Å². The summed E-state index contributed by atoms with van der Waals surface area (Å²) in [5.41, 5.74) is 0.605. The van der Waals surface area contributed by atoms with Crippen LogP contribution in [0.2, 0.25) is 0 Å². The van der Waals surface area contributed by atoms with Crippen molar-refractivity contribution in [1.82, 2.24) is 15.2 Å². The number of aromatic nitrogens is 1. The summed E-state index contributed by atoms with van der Waals surface area (Å²) in [5, 5.41) is 21.6. The Morgan fingerprint density at radius 2 is 1.46 bits per heavy atom. The third-order valence-electron chi connectivity index (χ3n) is 10.8. The summed E-state index contributed by atoms with van der Waals surface area (Å²) in [6, 6.07) is 35.8. The standard InChI is InChI=1S/C51H53N5O9S2/c1-49(2,3)64-47(61)50(4,5)65-55-40(39-32-67-48(52-39)54-51(35-19-10-7-11-20-35,36-21-12-8-13-22-36)37-23-14-9-15-24-37)43(58)53-41-44(59)56-42(34(18-16-17-29-57)31-66-45(41)56)46(60)63-30-33-25-27-38(62-6)28-26-33/h7-17,19-28,32,41,45,57H,18,29-31H2,1-6H3,(H,52,54)(H,53,58)/b17-16+,55-40-/t41-,45+/m1/s1. The van der Waals surface area contributed by atoms with Crippen molar-refractivity contribution in [2.45, 2.75) is 75.8 Å². The summed E-state index contributed by atoms with van der Waals surface area (Å²) in [6.07, 6.45) is 3.57. The summed E-state index contributed by atoms with van der Waals surface area (Å²) in [7, 11) is 1.56. The van der Waals surface area contributed by atoms with Crippen LogP contribution in [0.15, 0.2) is 149 Å². The number of ether oxygens (including phenoxy) is 3. The molecule has 0 saturated carbocycles. The summed E-state index contributed by atoms with van der Waals surface area (Å²) in [6.45, 7) is 7.89. The highest BCUT2D eigenvalue weighted by molar-refractivity contribution is 8.00. The van der Waals surface area contributed by atoms with Gasteiger partial charge in [0.25, 0.3) is 11.8 Å². The van der Waals surface area contributed by atoms with Gasteiger partial charge in [0, 0.05) is 11.1 Å². The Bertz CT molecular complexity index is 2550. The first-order valence-electron chi connectivity index (χ1n) is 21.6. The van der Waals surface area contributed by atoms with E-state index in [4.69, 9.17) is 24.0 Å². The number of aliphatic hydroxyl groups excluding tert-OH is 1. The zero-order chi connectivity index (χ0) is 47.8. The van der Waals surface area contributed by atoms with E-state index in [9.17, 15) is 24.3 Å². The molecule has 4 aromatic carbocycles. The number of hydrogen-bond acceptors (Lipinski definition) is 14. The van der Waals surface area contributed by atoms with Crippen molar-refractivity contribution in [3.05, 3.63) is 172 Å². The maximum Gasteiger partial charge on any atom is 0.355 e. The number of rotatable bonds is 18. The molecule has 0 bridgehead atoms. The molecule has 3 heterocycles. The summed E-state index contributed by atoms with van der Waals surface area (Å²) in [4.78, 5) is 68.0. The van der Waals surface area contributed by atoms with Crippen molar-refractivity contribution >= 4 is 57.7 Å². The number of aliphatic hydroxyl groups is 1. The van der Waals surface area contributed by atoms with Gasteiger partial charge in [0.2, 0.25) is 5.60 Å². The Balaban J connectivity index is 1.20. The fourth-order valence-corrected chi connectivity index (χ4v) is 9.57. The number of nitrogens with zero attached hydrogens (tertiary/aromatic N) is 3. The lowest BCUT2D eigenvalue weighted by Gasteiger charge is -2.49. The number of anilines is 1. The number of carbonyl (C=O) groups is 4. The zero-order valence-electron chi connectivity index (χ0n) is 38.1. The molecule has 1 aromatic heterocycles. The van der Waals surface area contributed by atoms with Gasteiger partial charge < -0.3 is 34.8 Å². The number of thioether (sulfide) groups is 1. The first-order chi connectivity index (χ1) is 32.1. The predicted molar refractivity (Wildman–Crippen MR) is 258 cm³/mol. The average Bonchev–Trinajstić information content (AvgIpc) is 3.79. The monoisotopic (exact) mass is 943 g/mol. The fourth-order valence-electron chi connectivity index (χ4n) is 7.46. The number of esters is 2. The van der Waals surface area contributed by atoms with Crippen molar-refractivity contribution in [1.29, 1.82) is 0 Å². The molecule has 2 aliphatic rings. The van der Waals surface area contributed by atoms with Crippen LogP contribution in [0.25, 0.3) is 0 Å². The number of fused-ring (bicyclic) bond motifs is 1. The Morgan fingerprint density at radius 1 is 0.866 bits per heavy atom. The molecule has 16 heteroatoms. The van der Waals surface area contributed by atoms with Crippen molar-refractivity contribution in [3.63, 3.8) is 0 Å². The first kappa shape index (κ1) is 48.2. The molecule has 0 unspecified atom stereocenters. The van der Waals surface area contributed by atoms with Crippen LogP contribution in [0, 0.1) is 0 Å². The van der Waals surface area contributed by atoms with E-state index in [0.717, 1.165) is 16.7 Å². The molecular formula is C51H53N5O9S2. The molecular weight excluding hydrogens is 891 g/mol. The molecule has 0 radical (unpaired) electrons. The second kappa shape index (κ2) is 20.8. The van der Waals surface area contributed by atoms with Gasteiger partial charge in [0.1, 0.15) is 46.3 Å². The van der Waals surface area contributed by atoms with Gasteiger partial charge in [-0.1, -0.05) is 120 Å². The quantitative estimate of drug-likeness (QED) is 0.0195. The lowest BCUT2D eigenvalue weighted by atomic mass is 9.77. The first-order valence-corrected chi connectivity index (χ1v) is 23.5. The van der Waals surface area contributed by atoms with E-state index < -0.39 is 51.9 Å². The van der Waals surface area contributed by atoms with Crippen LogP contribution >= 0.6 is 23.1 Å². The van der Waals surface area contributed by atoms with Gasteiger partial charge in [0.05, 0.1) is 13.7 Å². The third-order valence-corrected chi connectivity index (χ3v) is 12.9. The highest BCUT2D eigenvalue weighted by Crippen LogP contribution is 2.43. The van der Waals surface area contributed by atoms with E-state index in [-0.39, 0.29) is 36.7 Å². The number of carbonyl (C=O) groups excluding carboxylic acids is 4. The second-order valence-electron chi connectivity index (χ2n) is 17.1. The van der Waals surface area contributed by atoms with E-state index in [0.29, 0.717) is 27.8 Å². The normalized spacial score (nSPS) is 16.5. The smallest absolute Gasteiger partial charge is 0.355 e. The highest BCUT2D eigenvalue weighted by Gasteiger charge is 2.55. The van der Waals surface area contributed by atoms with Crippen molar-refractivity contribution in [2.75, 3.05) is 24.8 Å². The summed E-state index contributed by atoms with van der Waals surface area (Å²) >= 11 is 2.60. The lowest BCUT2D eigenvalue weighted by Crippen LogP contribution is -2.71. The van der Waals surface area contributed by atoms with Crippen LogP contribution in [0.4, 0.5) is 5.13 Å². The molecule has 3 N–H and O–H groups in total. The maximum atomic E-state index is 14.6. The topological polar surface area (TPSA) is 178 Å². The average molecular weight is 944 g/mol. The van der Waals surface area contributed by atoms with Gasteiger partial charge in [0.15, 0.2) is 10.8 Å². The van der Waals surface area contributed by atoms with Crippen LogP contribution < -0.4 is 15.4 Å². The number of allylic oxidation sites excluding steroid dienone is 1. The SMILES string of the molecule is COc1ccc(COC(=O)C2=C(C/C=C/CO)CS[C@H]3[C@H](NC(=O)/C(=N\OC(C)(C)C(=O)OC(C)(C)C)c4csc(NC(c5ccccc5)(c5ccccc5)c5ccccc5)n4)C(=O)N23)cc1. The van der Waals surface area contributed by atoms with Crippen molar-refractivity contribution < 1.29 is 43.3 Å². The zero-order valence-corrected chi connectivity index (χ0v) is 39.7. The van der Waals surface area contributed by atoms with Crippen LogP contribution in [0.5, 0.6) is 5.75 Å². The molecule has 14 nitrogen and oxygen atoms in total. The number of β-lactam (4-membered cyclic amide) rings is 1. The molecule has 0 aliphatic carbocycles. The number of nitrogens with one attached hydrogen (secondary N) is 2. The van der Waals surface area contributed by atoms with Gasteiger partial charge in [-0.05, 0) is 81.0 Å². The van der Waals surface area contributed by atoms with Gasteiger partial charge in [-0.25, -0.2) is 14.6 Å². The van der Waals surface area contributed by atoms with E-state index >= 15 is 0 Å². The number of hydrogen-bond donors (Lipinski definition) is 3. The predicted octanol–water partition coefficient (Wildman–Crippen LogP) is 7.73. The number of oxime groups is 1. The number of benzene rings is 4. The summed E-state index contributed by atoms with van der Waals surface area (Å²) < 4.78 is 16.6. The third kappa shape index (κ3) is 10.9. The molecule has 2 aliphatic heterocycles. The molecule has 2 amide bonds. The van der Waals surface area contributed by atoms with E-state index in [1.54, 1.807) is 69.7 Å². The van der Waals surface area contributed by atoms with Crippen molar-refractivity contribution in [3.8, 4) is 5.75 Å². The molecule has 348 valence electrons. The van der Waals surface area contributed by atoms with E-state index in [1.807, 2.05) is 91.0 Å². The maximum absolute atomic E-state index is 14.6. The second-order valence-corrected chi connectivity index (χ2v) is 19.1. The highest BCUT2D eigenvalue weighted by atomic mass is 32.2. The van der Waals surface area contributed by atoms with Crippen LogP contribution in [-0.4, -0.2) is 86.5 Å².